The Balaban J connectivity index is 1.72. The molecule has 1 N–H and O–H groups in total. The number of hydrogen-bond donors (Lipinski definition) is 1. The molecule has 0 spiro atoms. The second kappa shape index (κ2) is 6.17. The van der Waals surface area contributed by atoms with Gasteiger partial charge in [0.05, 0.1) is 6.04 Å². The quantitative estimate of drug-likeness (QED) is 0.891. The summed E-state index contributed by atoms with van der Waals surface area (Å²) in [6.07, 6.45) is 6.46. The van der Waals surface area contributed by atoms with E-state index in [0.29, 0.717) is 0 Å². The van der Waals surface area contributed by atoms with Gasteiger partial charge in [0.1, 0.15) is 5.82 Å². The van der Waals surface area contributed by atoms with Crippen molar-refractivity contribution in [1.29, 1.82) is 0 Å². The fourth-order valence-corrected chi connectivity index (χ4v) is 4.28. The molecule has 4 heteroatoms. The molecule has 0 bridgehead atoms. The molecule has 1 atom stereocenters. The Hall–Kier alpha value is -1.03. The summed E-state index contributed by atoms with van der Waals surface area (Å²) in [5.74, 6) is 1.09. The second-order valence-corrected chi connectivity index (χ2v) is 6.85. The van der Waals surface area contributed by atoms with Crippen molar-refractivity contribution >= 4 is 17.7 Å². The average Bonchev–Trinajstić information content (AvgIpc) is 2.49. The van der Waals surface area contributed by atoms with Gasteiger partial charge in [-0.3, -0.25) is 4.79 Å². The van der Waals surface area contributed by atoms with Gasteiger partial charge in [0.25, 0.3) is 0 Å². The van der Waals surface area contributed by atoms with Gasteiger partial charge >= 0.3 is 0 Å². The Morgan fingerprint density at radius 3 is 2.80 bits per heavy atom. The van der Waals surface area contributed by atoms with Crippen LogP contribution in [-0.4, -0.2) is 11.7 Å². The van der Waals surface area contributed by atoms with Crippen molar-refractivity contribution in [3.8, 4) is 0 Å². The number of amides is 1. The number of hydrogen-bond acceptors (Lipinski definition) is 2. The van der Waals surface area contributed by atoms with Crippen LogP contribution in [0.4, 0.5) is 4.39 Å². The van der Waals surface area contributed by atoms with Crippen LogP contribution in [-0.2, 0) is 4.79 Å². The molecule has 1 aliphatic carbocycles. The molecule has 1 fully saturated rings. The lowest BCUT2D eigenvalue weighted by molar-refractivity contribution is -0.126. The fourth-order valence-electron chi connectivity index (χ4n) is 3.17. The highest BCUT2D eigenvalue weighted by molar-refractivity contribution is 7.99. The number of benzene rings is 1. The smallest absolute Gasteiger partial charge is 0.223 e. The van der Waals surface area contributed by atoms with Crippen molar-refractivity contribution in [2.45, 2.75) is 49.5 Å². The highest BCUT2D eigenvalue weighted by atomic mass is 32.2. The van der Waals surface area contributed by atoms with Crippen molar-refractivity contribution in [2.75, 3.05) is 5.75 Å². The van der Waals surface area contributed by atoms with E-state index in [-0.39, 0.29) is 23.7 Å². The SMILES string of the molecule is O=C(N[C@H]1CCSc2ccc(F)cc21)C1CCCCC1. The summed E-state index contributed by atoms with van der Waals surface area (Å²) in [5, 5.41) is 3.15. The van der Waals surface area contributed by atoms with Gasteiger partial charge in [0.2, 0.25) is 5.91 Å². The third-order valence-electron chi connectivity index (χ3n) is 4.30. The van der Waals surface area contributed by atoms with Crippen LogP contribution in [0.2, 0.25) is 0 Å². The first-order chi connectivity index (χ1) is 9.74. The normalized spacial score (nSPS) is 23.1. The summed E-state index contributed by atoms with van der Waals surface area (Å²) in [4.78, 5) is 13.5. The number of halogens is 1. The van der Waals surface area contributed by atoms with E-state index in [0.717, 1.165) is 48.3 Å². The maximum Gasteiger partial charge on any atom is 0.223 e. The number of carbonyl (C=O) groups is 1. The molecule has 20 heavy (non-hydrogen) atoms. The minimum atomic E-state index is -0.219. The molecule has 2 nitrogen and oxygen atoms in total. The molecule has 1 saturated carbocycles. The minimum Gasteiger partial charge on any atom is -0.349 e. The lowest BCUT2D eigenvalue weighted by Crippen LogP contribution is -2.36. The topological polar surface area (TPSA) is 29.1 Å². The third kappa shape index (κ3) is 3.00. The van der Waals surface area contributed by atoms with Gasteiger partial charge in [-0.1, -0.05) is 19.3 Å². The second-order valence-electron chi connectivity index (χ2n) is 5.72. The number of nitrogens with one attached hydrogen (secondary N) is 1. The Kier molecular flexibility index (Phi) is 4.29. The Bertz CT molecular complexity index is 499. The molecule has 1 aromatic carbocycles. The standard InChI is InChI=1S/C16H20FNOS/c17-12-6-7-15-13(10-12)14(8-9-20-15)18-16(19)11-4-2-1-3-5-11/h6-7,10-11,14H,1-5,8-9H2,(H,18,19)/t14-/m0/s1. The van der Waals surface area contributed by atoms with E-state index in [1.807, 2.05) is 6.07 Å². The van der Waals surface area contributed by atoms with Gasteiger partial charge in [-0.2, -0.15) is 0 Å². The highest BCUT2D eigenvalue weighted by Crippen LogP contribution is 2.37. The van der Waals surface area contributed by atoms with Gasteiger partial charge in [0, 0.05) is 16.6 Å². The zero-order valence-electron chi connectivity index (χ0n) is 11.5. The van der Waals surface area contributed by atoms with Crippen molar-refractivity contribution < 1.29 is 9.18 Å². The van der Waals surface area contributed by atoms with E-state index in [9.17, 15) is 9.18 Å². The van der Waals surface area contributed by atoms with Crippen LogP contribution in [0.1, 0.15) is 50.1 Å². The van der Waals surface area contributed by atoms with Crippen LogP contribution in [0.25, 0.3) is 0 Å². The van der Waals surface area contributed by atoms with E-state index in [4.69, 9.17) is 0 Å². The van der Waals surface area contributed by atoms with Gasteiger partial charge in [-0.05, 0) is 43.0 Å². The fraction of sp³-hybridized carbons (Fsp3) is 0.562. The molecule has 1 amide bonds. The van der Waals surface area contributed by atoms with Crippen LogP contribution >= 0.6 is 11.8 Å². The molecule has 0 saturated heterocycles. The summed E-state index contributed by atoms with van der Waals surface area (Å²) in [7, 11) is 0. The zero-order valence-corrected chi connectivity index (χ0v) is 12.3. The van der Waals surface area contributed by atoms with Gasteiger partial charge < -0.3 is 5.32 Å². The molecule has 0 aromatic heterocycles. The summed E-state index contributed by atoms with van der Waals surface area (Å²) in [6.45, 7) is 0. The predicted octanol–water partition coefficient (Wildman–Crippen LogP) is 4.06. The van der Waals surface area contributed by atoms with Crippen molar-refractivity contribution in [1.82, 2.24) is 5.32 Å². The molecular formula is C16H20FNOS. The van der Waals surface area contributed by atoms with Crippen molar-refractivity contribution in [3.05, 3.63) is 29.6 Å². The lowest BCUT2D eigenvalue weighted by Gasteiger charge is -2.29. The summed E-state index contributed by atoms with van der Waals surface area (Å²) >= 11 is 1.75. The van der Waals surface area contributed by atoms with Crippen molar-refractivity contribution in [2.24, 2.45) is 5.92 Å². The molecule has 3 rings (SSSR count). The first-order valence-corrected chi connectivity index (χ1v) is 8.45. The van der Waals surface area contributed by atoms with E-state index < -0.39 is 0 Å². The van der Waals surface area contributed by atoms with E-state index in [1.54, 1.807) is 17.8 Å². The van der Waals surface area contributed by atoms with Gasteiger partial charge in [0.15, 0.2) is 0 Å². The largest absolute Gasteiger partial charge is 0.349 e. The molecular weight excluding hydrogens is 273 g/mol. The van der Waals surface area contributed by atoms with E-state index in [1.165, 1.54) is 12.5 Å². The first-order valence-electron chi connectivity index (χ1n) is 7.46. The zero-order chi connectivity index (χ0) is 13.9. The molecule has 1 aliphatic heterocycles. The van der Waals surface area contributed by atoms with Crippen molar-refractivity contribution in [3.63, 3.8) is 0 Å². The maximum absolute atomic E-state index is 13.4. The molecule has 1 aromatic rings. The predicted molar refractivity (Wildman–Crippen MR) is 79.2 cm³/mol. The Morgan fingerprint density at radius 2 is 2.00 bits per heavy atom. The molecule has 1 heterocycles. The Labute approximate surface area is 123 Å². The van der Waals surface area contributed by atoms with Crippen LogP contribution in [0.5, 0.6) is 0 Å². The summed E-state index contributed by atoms with van der Waals surface area (Å²) < 4.78 is 13.4. The van der Waals surface area contributed by atoms with Gasteiger partial charge in [-0.15, -0.1) is 11.8 Å². The molecule has 0 radical (unpaired) electrons. The van der Waals surface area contributed by atoms with Crippen LogP contribution < -0.4 is 5.32 Å². The summed E-state index contributed by atoms with van der Waals surface area (Å²) in [6, 6.07) is 4.88. The molecule has 108 valence electrons. The Morgan fingerprint density at radius 1 is 1.20 bits per heavy atom. The number of thioether (sulfide) groups is 1. The maximum atomic E-state index is 13.4. The van der Waals surface area contributed by atoms with Gasteiger partial charge in [-0.25, -0.2) is 4.39 Å². The summed E-state index contributed by atoms with van der Waals surface area (Å²) in [5.41, 5.74) is 0.949. The minimum absolute atomic E-state index is 0.0172. The highest BCUT2D eigenvalue weighted by Gasteiger charge is 2.27. The average molecular weight is 293 g/mol. The number of fused-ring (bicyclic) bond motifs is 1. The molecule has 2 aliphatic rings. The number of carbonyl (C=O) groups excluding carboxylic acids is 1. The van der Waals surface area contributed by atoms with Crippen LogP contribution in [0.3, 0.4) is 0 Å². The lowest BCUT2D eigenvalue weighted by atomic mass is 9.88. The number of rotatable bonds is 2. The first kappa shape index (κ1) is 13.9. The van der Waals surface area contributed by atoms with E-state index >= 15 is 0 Å². The molecule has 0 unspecified atom stereocenters. The van der Waals surface area contributed by atoms with Crippen LogP contribution in [0, 0.1) is 11.7 Å². The monoisotopic (exact) mass is 293 g/mol. The third-order valence-corrected chi connectivity index (χ3v) is 5.43. The van der Waals surface area contributed by atoms with E-state index in [2.05, 4.69) is 5.32 Å². The van der Waals surface area contributed by atoms with Crippen LogP contribution in [0.15, 0.2) is 23.1 Å².